The Hall–Kier alpha value is -2.71. The van der Waals surface area contributed by atoms with E-state index in [-0.39, 0.29) is 10.3 Å². The predicted octanol–water partition coefficient (Wildman–Crippen LogP) is 6.76. The summed E-state index contributed by atoms with van der Waals surface area (Å²) in [7, 11) is -1.94. The quantitative estimate of drug-likeness (QED) is 0.206. The monoisotopic (exact) mass is 614 g/mol. The van der Waals surface area contributed by atoms with Crippen molar-refractivity contribution < 1.29 is 8.42 Å². The van der Waals surface area contributed by atoms with Crippen molar-refractivity contribution in [3.8, 4) is 0 Å². The van der Waals surface area contributed by atoms with Crippen molar-refractivity contribution >= 4 is 32.7 Å². The summed E-state index contributed by atoms with van der Waals surface area (Å²) in [4.78, 5) is 7.95. The molecule has 4 aromatic rings. The number of rotatable bonds is 8. The van der Waals surface area contributed by atoms with Gasteiger partial charge in [-0.05, 0) is 99.2 Å². The minimum absolute atomic E-state index is 0.213. The third-order valence-electron chi connectivity index (χ3n) is 11.5. The van der Waals surface area contributed by atoms with Gasteiger partial charge in [-0.15, -0.1) is 0 Å². The first-order chi connectivity index (χ1) is 20.7. The minimum Gasteiger partial charge on any atom is -0.325 e. The summed E-state index contributed by atoms with van der Waals surface area (Å²) in [5.41, 5.74) is 5.19. The van der Waals surface area contributed by atoms with E-state index in [1.807, 2.05) is 0 Å². The summed E-state index contributed by atoms with van der Waals surface area (Å²) >= 11 is 6.19. The lowest BCUT2D eigenvalue weighted by atomic mass is 9.63. The van der Waals surface area contributed by atoms with Crippen LogP contribution in [0.25, 0.3) is 11.0 Å². The molecule has 1 saturated heterocycles. The second-order valence-corrected chi connectivity index (χ2v) is 16.0. The van der Waals surface area contributed by atoms with Gasteiger partial charge in [0.15, 0.2) is 0 Å². The molecule has 0 bridgehead atoms. The smallest absolute Gasteiger partial charge is 0.242 e. The Balaban J connectivity index is 1.05. The van der Waals surface area contributed by atoms with Gasteiger partial charge in [0.2, 0.25) is 10.0 Å². The van der Waals surface area contributed by atoms with Crippen LogP contribution in [0.1, 0.15) is 61.5 Å². The third-order valence-corrected chi connectivity index (χ3v) is 13.6. The largest absolute Gasteiger partial charge is 0.325 e. The van der Waals surface area contributed by atoms with E-state index in [9.17, 15) is 8.42 Å². The zero-order valence-corrected chi connectivity index (χ0v) is 26.5. The number of hydrogen-bond acceptors (Lipinski definition) is 4. The highest BCUT2D eigenvalue weighted by atomic mass is 35.5. The van der Waals surface area contributed by atoms with Gasteiger partial charge in [-0.3, -0.25) is 4.90 Å². The number of fused-ring (bicyclic) bond motifs is 2. The molecule has 6 atom stereocenters. The molecule has 2 saturated carbocycles. The van der Waals surface area contributed by atoms with Crippen molar-refractivity contribution in [1.82, 2.24) is 18.8 Å². The zero-order valence-electron chi connectivity index (χ0n) is 24.9. The van der Waals surface area contributed by atoms with E-state index in [2.05, 4.69) is 64.9 Å². The maximum absolute atomic E-state index is 13.7. The Morgan fingerprint density at radius 2 is 1.84 bits per heavy atom. The highest BCUT2D eigenvalue weighted by Crippen LogP contribution is 2.67. The fraction of sp³-hybridized carbons (Fsp3) is 0.457. The molecule has 3 aromatic carbocycles. The number of benzene rings is 3. The number of halogens is 1. The Morgan fingerprint density at radius 3 is 2.65 bits per heavy atom. The Labute approximate surface area is 259 Å². The highest BCUT2D eigenvalue weighted by molar-refractivity contribution is 7.89. The molecule has 1 aliphatic heterocycles. The summed E-state index contributed by atoms with van der Waals surface area (Å²) in [5, 5.41) is 0.436. The van der Waals surface area contributed by atoms with Crippen LogP contribution in [0.5, 0.6) is 0 Å². The first kappa shape index (κ1) is 27.8. The van der Waals surface area contributed by atoms with Crippen molar-refractivity contribution in [1.29, 1.82) is 0 Å². The van der Waals surface area contributed by atoms with Crippen molar-refractivity contribution in [2.75, 3.05) is 20.1 Å². The van der Waals surface area contributed by atoms with Crippen LogP contribution in [0.15, 0.2) is 77.7 Å². The molecule has 6 nitrogen and oxygen atoms in total. The van der Waals surface area contributed by atoms with Crippen LogP contribution in [-0.2, 0) is 21.9 Å². The summed E-state index contributed by atoms with van der Waals surface area (Å²) in [6.45, 7) is 3.64. The predicted molar refractivity (Wildman–Crippen MR) is 171 cm³/mol. The molecular formula is C35H39ClN4O2S. The molecule has 2 heterocycles. The van der Waals surface area contributed by atoms with E-state index in [1.165, 1.54) is 42.3 Å². The minimum atomic E-state index is -3.67. The normalized spacial score (nSPS) is 31.0. The van der Waals surface area contributed by atoms with Gasteiger partial charge in [0.25, 0.3) is 0 Å². The van der Waals surface area contributed by atoms with E-state index in [0.717, 1.165) is 43.1 Å². The lowest BCUT2D eigenvalue weighted by molar-refractivity contribution is 0.112. The third kappa shape index (κ3) is 4.18. The van der Waals surface area contributed by atoms with Crippen LogP contribution in [0.4, 0.5) is 0 Å². The second kappa shape index (κ2) is 9.90. The average Bonchev–Trinajstić information content (AvgIpc) is 3.35. The number of likely N-dealkylation sites (tertiary alicyclic amines) is 1. The summed E-state index contributed by atoms with van der Waals surface area (Å²) in [6.07, 6.45) is 7.93. The van der Waals surface area contributed by atoms with Gasteiger partial charge in [0.1, 0.15) is 5.82 Å². The van der Waals surface area contributed by atoms with E-state index < -0.39 is 10.0 Å². The molecular weight excluding hydrogens is 576 g/mol. The number of aromatic nitrogens is 2. The molecule has 0 amide bonds. The number of para-hydroxylation sites is 2. The molecule has 8 heteroatoms. The summed E-state index contributed by atoms with van der Waals surface area (Å²) < 4.78 is 31.5. The van der Waals surface area contributed by atoms with E-state index in [1.54, 1.807) is 35.6 Å². The van der Waals surface area contributed by atoms with Gasteiger partial charge in [0.05, 0.1) is 15.9 Å². The molecule has 3 aliphatic carbocycles. The Kier molecular flexibility index (Phi) is 6.40. The van der Waals surface area contributed by atoms with Gasteiger partial charge in [0, 0.05) is 48.2 Å². The van der Waals surface area contributed by atoms with E-state index in [0.29, 0.717) is 29.2 Å². The maximum atomic E-state index is 13.7. The van der Waals surface area contributed by atoms with Gasteiger partial charge in [-0.25, -0.2) is 17.7 Å². The van der Waals surface area contributed by atoms with Gasteiger partial charge in [-0.2, -0.15) is 0 Å². The van der Waals surface area contributed by atoms with Crippen molar-refractivity contribution in [3.63, 3.8) is 0 Å². The number of hydrogen-bond donors (Lipinski definition) is 0. The van der Waals surface area contributed by atoms with Crippen molar-refractivity contribution in [2.45, 2.75) is 79.8 Å². The van der Waals surface area contributed by atoms with Crippen LogP contribution >= 0.6 is 11.6 Å². The van der Waals surface area contributed by atoms with Crippen LogP contribution in [0.2, 0.25) is 5.02 Å². The van der Waals surface area contributed by atoms with E-state index >= 15 is 0 Å². The number of likely N-dealkylation sites (N-methyl/N-ethyl adjacent to an activating group) is 1. The van der Waals surface area contributed by atoms with Gasteiger partial charge < -0.3 is 4.57 Å². The van der Waals surface area contributed by atoms with Crippen LogP contribution in [-0.4, -0.2) is 58.9 Å². The van der Waals surface area contributed by atoms with Gasteiger partial charge in [-0.1, -0.05) is 54.1 Å². The summed E-state index contributed by atoms with van der Waals surface area (Å²) in [5.74, 6) is 1.85. The van der Waals surface area contributed by atoms with E-state index in [4.69, 9.17) is 16.6 Å². The molecule has 4 aliphatic rings. The Morgan fingerprint density at radius 1 is 1.02 bits per heavy atom. The fourth-order valence-electron chi connectivity index (χ4n) is 9.39. The SMILES string of the molecule is Cc1nc2ccccc2n1[C@@H]1C[C@@H]2CCC23[C@H](C1)N3CCC1(CN(C)S(=O)(=O)c2cccc(Cl)c2)CCc2ccccc21. The van der Waals surface area contributed by atoms with Crippen molar-refractivity contribution in [2.24, 2.45) is 5.92 Å². The molecule has 3 fully saturated rings. The molecule has 0 radical (unpaired) electrons. The molecule has 8 rings (SSSR count). The lowest BCUT2D eigenvalue weighted by Crippen LogP contribution is -2.45. The van der Waals surface area contributed by atoms with Crippen LogP contribution < -0.4 is 0 Å². The number of aryl methyl sites for hydroxylation is 2. The topological polar surface area (TPSA) is 58.2 Å². The standard InChI is InChI=1S/C35H39ClN4O2S/c1-24-37-31-12-5-6-13-32(31)40(24)28-20-26-15-17-35(26)33(22-28)39(35)19-18-34(16-14-25-8-3-4-11-30(25)34)23-38(2)43(41,42)29-10-7-9-27(36)21-29/h3-13,21,26,28,33H,14-20,22-23H2,1-2H3/t26-,28+,33-,34?,35?,39?/m0/s1. The lowest BCUT2D eigenvalue weighted by Gasteiger charge is -2.44. The summed E-state index contributed by atoms with van der Waals surface area (Å²) in [6, 6.07) is 25.0. The first-order valence-electron chi connectivity index (χ1n) is 15.7. The molecule has 224 valence electrons. The average molecular weight is 615 g/mol. The number of sulfonamides is 1. The molecule has 43 heavy (non-hydrogen) atoms. The fourth-order valence-corrected chi connectivity index (χ4v) is 11.0. The van der Waals surface area contributed by atoms with Crippen LogP contribution in [0.3, 0.4) is 0 Å². The van der Waals surface area contributed by atoms with Crippen molar-refractivity contribution in [3.05, 3.63) is 94.8 Å². The Bertz CT molecular complexity index is 1840. The number of nitrogens with zero attached hydrogens (tertiary/aromatic N) is 4. The highest BCUT2D eigenvalue weighted by Gasteiger charge is 2.72. The number of imidazole rings is 1. The molecule has 3 unspecified atom stereocenters. The van der Waals surface area contributed by atoms with Crippen LogP contribution in [0, 0.1) is 12.8 Å². The first-order valence-corrected chi connectivity index (χ1v) is 17.6. The zero-order chi connectivity index (χ0) is 29.6. The molecule has 1 aromatic heterocycles. The molecule has 0 N–H and O–H groups in total. The second-order valence-electron chi connectivity index (χ2n) is 13.5. The maximum Gasteiger partial charge on any atom is 0.242 e. The molecule has 1 spiro atoms. The van der Waals surface area contributed by atoms with Gasteiger partial charge >= 0.3 is 0 Å².